The number of hydrogen-bond donors (Lipinski definition) is 3. The molecule has 3 N–H and O–H groups in total. The third kappa shape index (κ3) is 3.41. The summed E-state index contributed by atoms with van der Waals surface area (Å²) in [4.78, 5) is 15.9. The smallest absolute Gasteiger partial charge is 0.321 e. The molecule has 5 nitrogen and oxygen atoms in total. The molecule has 1 saturated carbocycles. The topological polar surface area (TPSA) is 74.2 Å². The van der Waals surface area contributed by atoms with E-state index in [4.69, 9.17) is 5.11 Å². The van der Waals surface area contributed by atoms with Crippen LogP contribution in [0.3, 0.4) is 0 Å². The molecular weight excluding hydrogens is 238 g/mol. The van der Waals surface area contributed by atoms with Crippen molar-refractivity contribution in [2.45, 2.75) is 38.1 Å². The van der Waals surface area contributed by atoms with Crippen molar-refractivity contribution in [2.24, 2.45) is 0 Å². The number of rotatable bonds is 5. The number of carbonyl (C=O) groups is 1. The minimum absolute atomic E-state index is 0.0465. The SMILES string of the molecule is CCC(CO)NC(=O)Nc1nc(C2CC2)cs1. The van der Waals surface area contributed by atoms with E-state index in [1.165, 1.54) is 24.2 Å². The lowest BCUT2D eigenvalue weighted by Crippen LogP contribution is -2.39. The van der Waals surface area contributed by atoms with Gasteiger partial charge >= 0.3 is 6.03 Å². The maximum absolute atomic E-state index is 11.6. The summed E-state index contributed by atoms with van der Waals surface area (Å²) < 4.78 is 0. The third-order valence-electron chi connectivity index (χ3n) is 2.79. The van der Waals surface area contributed by atoms with Gasteiger partial charge in [-0.1, -0.05) is 6.92 Å². The molecule has 1 unspecified atom stereocenters. The van der Waals surface area contributed by atoms with Crippen molar-refractivity contribution in [3.8, 4) is 0 Å². The molecule has 0 saturated heterocycles. The number of aliphatic hydroxyl groups excluding tert-OH is 1. The van der Waals surface area contributed by atoms with E-state index in [2.05, 4.69) is 15.6 Å². The number of aromatic nitrogens is 1. The Bertz CT molecular complexity index is 386. The van der Waals surface area contributed by atoms with Gasteiger partial charge in [-0.3, -0.25) is 5.32 Å². The Morgan fingerprint density at radius 3 is 3.06 bits per heavy atom. The molecule has 94 valence electrons. The zero-order valence-electron chi connectivity index (χ0n) is 9.77. The largest absolute Gasteiger partial charge is 0.394 e. The van der Waals surface area contributed by atoms with Crippen LogP contribution in [0.25, 0.3) is 0 Å². The predicted molar refractivity (Wildman–Crippen MR) is 67.4 cm³/mol. The molecule has 6 heteroatoms. The van der Waals surface area contributed by atoms with E-state index in [0.717, 1.165) is 5.69 Å². The van der Waals surface area contributed by atoms with E-state index < -0.39 is 0 Å². The van der Waals surface area contributed by atoms with Gasteiger partial charge in [0, 0.05) is 11.3 Å². The molecule has 1 aliphatic carbocycles. The Hall–Kier alpha value is -1.14. The fourth-order valence-electron chi connectivity index (χ4n) is 1.51. The number of thiazole rings is 1. The summed E-state index contributed by atoms with van der Waals surface area (Å²) in [6.45, 7) is 1.87. The maximum Gasteiger partial charge on any atom is 0.321 e. The Balaban J connectivity index is 1.84. The number of urea groups is 1. The van der Waals surface area contributed by atoms with E-state index in [0.29, 0.717) is 17.5 Å². The van der Waals surface area contributed by atoms with Crippen LogP contribution in [0.15, 0.2) is 5.38 Å². The van der Waals surface area contributed by atoms with Crippen LogP contribution in [0.4, 0.5) is 9.93 Å². The average Bonchev–Trinajstić information content (AvgIpc) is 3.08. The predicted octanol–water partition coefficient (Wildman–Crippen LogP) is 1.91. The second kappa shape index (κ2) is 5.46. The Morgan fingerprint density at radius 1 is 1.71 bits per heavy atom. The number of aliphatic hydroxyl groups is 1. The summed E-state index contributed by atoms with van der Waals surface area (Å²) in [6, 6.07) is -0.500. The van der Waals surface area contributed by atoms with Crippen molar-refractivity contribution in [1.29, 1.82) is 0 Å². The van der Waals surface area contributed by atoms with Gasteiger partial charge in [0.05, 0.1) is 18.3 Å². The molecule has 2 rings (SSSR count). The quantitative estimate of drug-likeness (QED) is 0.752. The summed E-state index contributed by atoms with van der Waals surface area (Å²) in [7, 11) is 0. The van der Waals surface area contributed by atoms with Crippen molar-refractivity contribution < 1.29 is 9.90 Å². The lowest BCUT2D eigenvalue weighted by molar-refractivity contribution is 0.222. The molecular formula is C11H17N3O2S. The van der Waals surface area contributed by atoms with Gasteiger partial charge < -0.3 is 10.4 Å². The molecule has 0 aromatic carbocycles. The summed E-state index contributed by atoms with van der Waals surface area (Å²) in [5.41, 5.74) is 1.08. The lowest BCUT2D eigenvalue weighted by Gasteiger charge is -2.13. The van der Waals surface area contributed by atoms with Gasteiger partial charge in [-0.15, -0.1) is 11.3 Å². The van der Waals surface area contributed by atoms with Crippen molar-refractivity contribution in [3.63, 3.8) is 0 Å². The average molecular weight is 255 g/mol. The van der Waals surface area contributed by atoms with E-state index in [9.17, 15) is 4.79 Å². The molecule has 0 bridgehead atoms. The first-order valence-electron chi connectivity index (χ1n) is 5.86. The van der Waals surface area contributed by atoms with Crippen molar-refractivity contribution in [1.82, 2.24) is 10.3 Å². The van der Waals surface area contributed by atoms with Crippen LogP contribution < -0.4 is 10.6 Å². The van der Waals surface area contributed by atoms with Crippen LogP contribution in [0, 0.1) is 0 Å². The first-order chi connectivity index (χ1) is 8.22. The van der Waals surface area contributed by atoms with Crippen molar-refractivity contribution >= 4 is 22.5 Å². The monoisotopic (exact) mass is 255 g/mol. The third-order valence-corrected chi connectivity index (χ3v) is 3.56. The highest BCUT2D eigenvalue weighted by Gasteiger charge is 2.26. The van der Waals surface area contributed by atoms with E-state index in [1.54, 1.807) is 0 Å². The van der Waals surface area contributed by atoms with Gasteiger partial charge in [-0.2, -0.15) is 0 Å². The van der Waals surface area contributed by atoms with Crippen LogP contribution in [0.5, 0.6) is 0 Å². The van der Waals surface area contributed by atoms with Gasteiger partial charge in [0.1, 0.15) is 0 Å². The zero-order valence-corrected chi connectivity index (χ0v) is 10.6. The first-order valence-corrected chi connectivity index (χ1v) is 6.74. The molecule has 1 aliphatic rings. The molecule has 1 atom stereocenters. The molecule has 1 heterocycles. The van der Waals surface area contributed by atoms with Gasteiger partial charge in [-0.25, -0.2) is 9.78 Å². The molecule has 0 aliphatic heterocycles. The fraction of sp³-hybridized carbons (Fsp3) is 0.636. The summed E-state index contributed by atoms with van der Waals surface area (Å²) in [6.07, 6.45) is 3.12. The molecule has 1 fully saturated rings. The highest BCUT2D eigenvalue weighted by molar-refractivity contribution is 7.13. The number of hydrogen-bond acceptors (Lipinski definition) is 4. The normalized spacial score (nSPS) is 16.6. The van der Waals surface area contributed by atoms with Crippen molar-refractivity contribution in [3.05, 3.63) is 11.1 Å². The second-order valence-corrected chi connectivity index (χ2v) is 5.10. The van der Waals surface area contributed by atoms with Gasteiger partial charge in [-0.05, 0) is 19.3 Å². The van der Waals surface area contributed by atoms with Gasteiger partial charge in [0.15, 0.2) is 5.13 Å². The minimum atomic E-state index is -0.303. The zero-order chi connectivity index (χ0) is 12.3. The van der Waals surface area contributed by atoms with Gasteiger partial charge in [0.25, 0.3) is 0 Å². The van der Waals surface area contributed by atoms with E-state index in [-0.39, 0.29) is 18.7 Å². The van der Waals surface area contributed by atoms with Crippen LogP contribution >= 0.6 is 11.3 Å². The molecule has 1 aromatic rings. The summed E-state index contributed by atoms with van der Waals surface area (Å²) in [5.74, 6) is 0.602. The summed E-state index contributed by atoms with van der Waals surface area (Å²) >= 11 is 1.44. The van der Waals surface area contributed by atoms with Crippen LogP contribution in [-0.2, 0) is 0 Å². The Morgan fingerprint density at radius 2 is 2.47 bits per heavy atom. The molecule has 17 heavy (non-hydrogen) atoms. The van der Waals surface area contributed by atoms with E-state index >= 15 is 0 Å². The Labute approximate surface area is 104 Å². The summed E-state index contributed by atoms with van der Waals surface area (Å²) in [5, 5.41) is 17.0. The van der Waals surface area contributed by atoms with Crippen molar-refractivity contribution in [2.75, 3.05) is 11.9 Å². The maximum atomic E-state index is 11.6. The standard InChI is InChI=1S/C11H17N3O2S/c1-2-8(5-15)12-10(16)14-11-13-9(6-17-11)7-3-4-7/h6-8,15H,2-5H2,1H3,(H2,12,13,14,16). The molecule has 0 spiro atoms. The van der Waals surface area contributed by atoms with Gasteiger partial charge in [0.2, 0.25) is 0 Å². The highest BCUT2D eigenvalue weighted by atomic mass is 32.1. The number of anilines is 1. The van der Waals surface area contributed by atoms with Crippen LogP contribution in [0.2, 0.25) is 0 Å². The molecule has 2 amide bonds. The molecule has 1 aromatic heterocycles. The van der Waals surface area contributed by atoms with Crippen LogP contribution in [-0.4, -0.2) is 28.8 Å². The number of nitrogens with one attached hydrogen (secondary N) is 2. The number of nitrogens with zero attached hydrogens (tertiary/aromatic N) is 1. The number of carbonyl (C=O) groups excluding carboxylic acids is 1. The minimum Gasteiger partial charge on any atom is -0.394 e. The van der Waals surface area contributed by atoms with Crippen LogP contribution in [0.1, 0.15) is 37.8 Å². The lowest BCUT2D eigenvalue weighted by atomic mass is 10.2. The Kier molecular flexibility index (Phi) is 3.96. The second-order valence-electron chi connectivity index (χ2n) is 4.24. The highest BCUT2D eigenvalue weighted by Crippen LogP contribution is 2.40. The number of amides is 2. The van der Waals surface area contributed by atoms with E-state index in [1.807, 2.05) is 12.3 Å². The molecule has 0 radical (unpaired) electrons. The first kappa shape index (κ1) is 12.3. The fourth-order valence-corrected chi connectivity index (χ4v) is 2.29.